The van der Waals surface area contributed by atoms with E-state index in [0.717, 1.165) is 42.6 Å². The molecule has 2 aromatic rings. The van der Waals surface area contributed by atoms with E-state index in [1.165, 1.54) is 6.42 Å². The Hall–Kier alpha value is -3.30. The van der Waals surface area contributed by atoms with E-state index in [4.69, 9.17) is 14.2 Å². The number of carbonyl (C=O) groups excluding carboxylic acids is 2. The van der Waals surface area contributed by atoms with E-state index in [9.17, 15) is 9.59 Å². The van der Waals surface area contributed by atoms with Crippen LogP contribution in [0.5, 0.6) is 11.5 Å². The van der Waals surface area contributed by atoms with Crippen molar-refractivity contribution in [3.05, 3.63) is 53.6 Å². The van der Waals surface area contributed by atoms with Crippen LogP contribution >= 0.6 is 0 Å². The molecule has 3 amide bonds. The molecule has 0 aromatic heterocycles. The molecule has 0 radical (unpaired) electrons. The summed E-state index contributed by atoms with van der Waals surface area (Å²) in [6.45, 7) is 6.22. The zero-order valence-corrected chi connectivity index (χ0v) is 24.9. The molecule has 1 unspecified atom stereocenters. The fourth-order valence-electron chi connectivity index (χ4n) is 5.61. The number of ether oxygens (including phenoxy) is 3. The number of likely N-dealkylation sites (N-methyl/N-ethyl adjacent to an activating group) is 1. The number of carbonyl (C=O) groups is 2. The standard InChI is InChI=1S/C32H46N4O5/c1-22-19-36(23(2)20-40-21-24-10-13-28(39-4)14-11-24)31(37)17-25-16-27(12-15-29(25)41-30(22)18-33-3)35-32(38)34-26-8-6-5-7-9-26/h10-16,22-23,26,30,33H,5-9,17-21H2,1-4H3,(H2,34,35,38)/t22?,23-,30-/m0/s1. The van der Waals surface area contributed by atoms with Crippen molar-refractivity contribution in [2.45, 2.75) is 77.2 Å². The van der Waals surface area contributed by atoms with Crippen LogP contribution in [0.25, 0.3) is 0 Å². The first-order chi connectivity index (χ1) is 19.9. The van der Waals surface area contributed by atoms with Crippen LogP contribution in [0.2, 0.25) is 0 Å². The number of hydrogen-bond donors (Lipinski definition) is 3. The molecule has 0 bridgehead atoms. The first-order valence-corrected chi connectivity index (χ1v) is 14.9. The number of benzene rings is 2. The van der Waals surface area contributed by atoms with Crippen molar-refractivity contribution < 1.29 is 23.8 Å². The van der Waals surface area contributed by atoms with E-state index in [1.807, 2.05) is 61.3 Å². The lowest BCUT2D eigenvalue weighted by Crippen LogP contribution is -2.47. The number of hydrogen-bond acceptors (Lipinski definition) is 6. The Morgan fingerprint density at radius 3 is 2.59 bits per heavy atom. The molecular formula is C32H46N4O5. The molecule has 9 nitrogen and oxygen atoms in total. The van der Waals surface area contributed by atoms with Gasteiger partial charge >= 0.3 is 6.03 Å². The average Bonchev–Trinajstić information content (AvgIpc) is 3.01. The highest BCUT2D eigenvalue weighted by molar-refractivity contribution is 5.90. The maximum atomic E-state index is 13.7. The van der Waals surface area contributed by atoms with Crippen molar-refractivity contribution in [2.24, 2.45) is 5.92 Å². The van der Waals surface area contributed by atoms with Gasteiger partial charge in [0.2, 0.25) is 5.91 Å². The Labute approximate surface area is 244 Å². The SMILES string of the molecule is CNC[C@@H]1Oc2ccc(NC(=O)NC3CCCCC3)cc2CC(=O)N([C@@H](C)COCc2ccc(OC)cc2)CC1C. The molecule has 41 heavy (non-hydrogen) atoms. The highest BCUT2D eigenvalue weighted by Gasteiger charge is 2.30. The summed E-state index contributed by atoms with van der Waals surface area (Å²) in [4.78, 5) is 28.3. The zero-order valence-electron chi connectivity index (χ0n) is 24.9. The lowest BCUT2D eigenvalue weighted by molar-refractivity contribution is -0.134. The molecule has 1 aliphatic heterocycles. The lowest BCUT2D eigenvalue weighted by Gasteiger charge is -2.33. The second kappa shape index (κ2) is 15.1. The average molecular weight is 567 g/mol. The Kier molecular flexibility index (Phi) is 11.3. The van der Waals surface area contributed by atoms with Crippen molar-refractivity contribution >= 4 is 17.6 Å². The van der Waals surface area contributed by atoms with Gasteiger partial charge in [-0.05, 0) is 62.7 Å². The second-order valence-electron chi connectivity index (χ2n) is 11.4. The third kappa shape index (κ3) is 8.84. The van der Waals surface area contributed by atoms with E-state index in [1.54, 1.807) is 7.11 Å². The summed E-state index contributed by atoms with van der Waals surface area (Å²) < 4.78 is 17.7. The molecular weight excluding hydrogens is 520 g/mol. The summed E-state index contributed by atoms with van der Waals surface area (Å²) in [6, 6.07) is 13.2. The zero-order chi connectivity index (χ0) is 29.2. The van der Waals surface area contributed by atoms with Gasteiger partial charge in [0.25, 0.3) is 0 Å². The largest absolute Gasteiger partial charge is 0.497 e. The fourth-order valence-corrected chi connectivity index (χ4v) is 5.61. The molecule has 1 heterocycles. The highest BCUT2D eigenvalue weighted by atomic mass is 16.5. The van der Waals surface area contributed by atoms with Crippen LogP contribution in [0, 0.1) is 5.92 Å². The molecule has 3 atom stereocenters. The number of amides is 3. The minimum absolute atomic E-state index is 0.0103. The molecule has 0 spiro atoms. The van der Waals surface area contributed by atoms with Gasteiger partial charge < -0.3 is 35.1 Å². The van der Waals surface area contributed by atoms with Crippen molar-refractivity contribution in [3.63, 3.8) is 0 Å². The van der Waals surface area contributed by atoms with Gasteiger partial charge in [0.15, 0.2) is 0 Å². The molecule has 224 valence electrons. The number of methoxy groups -OCH3 is 1. The minimum atomic E-state index is -0.210. The van der Waals surface area contributed by atoms with Crippen LogP contribution in [0.15, 0.2) is 42.5 Å². The van der Waals surface area contributed by atoms with Crippen LogP contribution in [0.1, 0.15) is 57.1 Å². The number of urea groups is 1. The second-order valence-corrected chi connectivity index (χ2v) is 11.4. The molecule has 9 heteroatoms. The number of anilines is 1. The molecule has 1 saturated carbocycles. The Morgan fingerprint density at radius 2 is 1.88 bits per heavy atom. The van der Waals surface area contributed by atoms with Gasteiger partial charge in [-0.3, -0.25) is 4.79 Å². The van der Waals surface area contributed by atoms with Crippen molar-refractivity contribution in [1.82, 2.24) is 15.5 Å². The number of nitrogens with zero attached hydrogens (tertiary/aromatic N) is 1. The summed E-state index contributed by atoms with van der Waals surface area (Å²) in [7, 11) is 3.55. The van der Waals surface area contributed by atoms with Crippen molar-refractivity contribution in [1.29, 1.82) is 0 Å². The summed E-state index contributed by atoms with van der Waals surface area (Å²) in [6.07, 6.45) is 5.61. The molecule has 2 aromatic carbocycles. The van der Waals surface area contributed by atoms with Crippen LogP contribution in [0.4, 0.5) is 10.5 Å². The van der Waals surface area contributed by atoms with Crippen molar-refractivity contribution in [2.75, 3.05) is 39.2 Å². The number of nitrogens with one attached hydrogen (secondary N) is 3. The molecule has 1 fully saturated rings. The molecule has 0 saturated heterocycles. The van der Waals surface area contributed by atoms with Gasteiger partial charge in [-0.25, -0.2) is 4.79 Å². The van der Waals surface area contributed by atoms with Gasteiger partial charge in [0, 0.05) is 36.3 Å². The number of rotatable bonds is 10. The number of fused-ring (bicyclic) bond motifs is 1. The predicted octanol–water partition coefficient (Wildman–Crippen LogP) is 4.74. The third-order valence-electron chi connectivity index (χ3n) is 8.04. The van der Waals surface area contributed by atoms with Gasteiger partial charge in [-0.1, -0.05) is 38.3 Å². The minimum Gasteiger partial charge on any atom is -0.497 e. The van der Waals surface area contributed by atoms with E-state index < -0.39 is 0 Å². The highest BCUT2D eigenvalue weighted by Crippen LogP contribution is 2.29. The summed E-state index contributed by atoms with van der Waals surface area (Å²) in [5, 5.41) is 9.29. The summed E-state index contributed by atoms with van der Waals surface area (Å²) in [5.74, 6) is 1.57. The van der Waals surface area contributed by atoms with Crippen LogP contribution in [-0.2, 0) is 22.6 Å². The topological polar surface area (TPSA) is 101 Å². The summed E-state index contributed by atoms with van der Waals surface area (Å²) >= 11 is 0. The van der Waals surface area contributed by atoms with Gasteiger partial charge in [0.1, 0.15) is 17.6 Å². The van der Waals surface area contributed by atoms with Gasteiger partial charge in [-0.15, -0.1) is 0 Å². The Bertz CT molecular complexity index is 1140. The first kappa shape index (κ1) is 30.7. The summed E-state index contributed by atoms with van der Waals surface area (Å²) in [5.41, 5.74) is 2.46. The van der Waals surface area contributed by atoms with Gasteiger partial charge in [-0.2, -0.15) is 0 Å². The molecule has 2 aliphatic rings. The quantitative estimate of drug-likeness (QED) is 0.384. The smallest absolute Gasteiger partial charge is 0.319 e. The fraction of sp³-hybridized carbons (Fsp3) is 0.562. The van der Waals surface area contributed by atoms with E-state index in [0.29, 0.717) is 37.7 Å². The van der Waals surface area contributed by atoms with Crippen LogP contribution in [0.3, 0.4) is 0 Å². The normalized spacial score (nSPS) is 20.6. The van der Waals surface area contributed by atoms with Gasteiger partial charge in [0.05, 0.1) is 32.8 Å². The van der Waals surface area contributed by atoms with E-state index in [2.05, 4.69) is 22.9 Å². The molecule has 1 aliphatic carbocycles. The Balaban J connectivity index is 1.45. The maximum Gasteiger partial charge on any atom is 0.319 e. The van der Waals surface area contributed by atoms with Crippen LogP contribution in [-0.4, -0.2) is 68.9 Å². The van der Waals surface area contributed by atoms with E-state index in [-0.39, 0.29) is 42.5 Å². The Morgan fingerprint density at radius 1 is 1.12 bits per heavy atom. The monoisotopic (exact) mass is 566 g/mol. The molecule has 3 N–H and O–H groups in total. The van der Waals surface area contributed by atoms with E-state index >= 15 is 0 Å². The molecule has 4 rings (SSSR count). The maximum absolute atomic E-state index is 13.7. The third-order valence-corrected chi connectivity index (χ3v) is 8.04. The van der Waals surface area contributed by atoms with Crippen molar-refractivity contribution in [3.8, 4) is 11.5 Å². The lowest BCUT2D eigenvalue weighted by atomic mass is 9.96. The predicted molar refractivity (Wildman–Crippen MR) is 161 cm³/mol. The first-order valence-electron chi connectivity index (χ1n) is 14.9. The van der Waals surface area contributed by atoms with Crippen LogP contribution < -0.4 is 25.4 Å².